The van der Waals surface area contributed by atoms with E-state index in [9.17, 15) is 13.2 Å². The summed E-state index contributed by atoms with van der Waals surface area (Å²) in [7, 11) is -3.72. The van der Waals surface area contributed by atoms with Gasteiger partial charge in [-0.25, -0.2) is 13.4 Å². The number of aryl methyl sites for hydroxylation is 2. The van der Waals surface area contributed by atoms with Gasteiger partial charge in [0.05, 0.1) is 16.3 Å². The van der Waals surface area contributed by atoms with Crippen molar-refractivity contribution in [3.63, 3.8) is 0 Å². The topological polar surface area (TPSA) is 97.4 Å². The number of fused-ring (bicyclic) bond motifs is 1. The van der Waals surface area contributed by atoms with E-state index in [1.54, 1.807) is 43.3 Å². The van der Waals surface area contributed by atoms with Crippen molar-refractivity contribution in [3.8, 4) is 17.0 Å². The summed E-state index contributed by atoms with van der Waals surface area (Å²) in [6, 6.07) is 12.0. The molecule has 0 saturated carbocycles. The van der Waals surface area contributed by atoms with E-state index >= 15 is 0 Å². The normalized spacial score (nSPS) is 16.0. The minimum absolute atomic E-state index is 0.181. The number of carbonyl (C=O) groups excluding carboxylic acids is 1. The second-order valence-electron chi connectivity index (χ2n) is 6.80. The molecule has 2 heterocycles. The molecule has 0 aliphatic carbocycles. The third kappa shape index (κ3) is 3.83. The lowest BCUT2D eigenvalue weighted by Gasteiger charge is -2.23. The maximum atomic E-state index is 12.6. The molecule has 150 valence electrons. The van der Waals surface area contributed by atoms with Gasteiger partial charge in [-0.2, -0.15) is 0 Å². The number of rotatable bonds is 4. The highest BCUT2D eigenvalue weighted by Gasteiger charge is 2.24. The second kappa shape index (κ2) is 7.16. The van der Waals surface area contributed by atoms with Crippen LogP contribution in [0, 0.1) is 13.8 Å². The molecule has 0 radical (unpaired) electrons. The molecule has 4 rings (SSSR count). The third-order valence-corrected chi connectivity index (χ3v) is 6.90. The van der Waals surface area contributed by atoms with E-state index in [1.165, 1.54) is 11.3 Å². The number of carbonyl (C=O) groups is 1. The fraction of sp³-hybridized carbons (Fsp3) is 0.200. The summed E-state index contributed by atoms with van der Waals surface area (Å²) in [6.07, 6.45) is -0.544. The van der Waals surface area contributed by atoms with Crippen LogP contribution < -0.4 is 14.8 Å². The predicted octanol–water partition coefficient (Wildman–Crippen LogP) is 3.95. The van der Waals surface area contributed by atoms with E-state index in [0.717, 1.165) is 16.0 Å². The summed E-state index contributed by atoms with van der Waals surface area (Å²) < 4.78 is 33.4. The van der Waals surface area contributed by atoms with Crippen LogP contribution >= 0.6 is 11.3 Å². The fourth-order valence-corrected chi connectivity index (χ4v) is 5.03. The van der Waals surface area contributed by atoms with E-state index in [2.05, 4.69) is 15.0 Å². The smallest absolute Gasteiger partial charge is 0.265 e. The van der Waals surface area contributed by atoms with Gasteiger partial charge >= 0.3 is 0 Å². The molecule has 3 aromatic rings. The Bertz CT molecular complexity index is 1200. The highest BCUT2D eigenvalue weighted by molar-refractivity contribution is 7.93. The van der Waals surface area contributed by atoms with E-state index in [4.69, 9.17) is 4.74 Å². The zero-order valence-corrected chi connectivity index (χ0v) is 17.6. The summed E-state index contributed by atoms with van der Waals surface area (Å²) in [4.78, 5) is 17.4. The summed E-state index contributed by atoms with van der Waals surface area (Å²) >= 11 is 1.25. The van der Waals surface area contributed by atoms with Crippen molar-refractivity contribution in [2.45, 2.75) is 31.8 Å². The van der Waals surface area contributed by atoms with Crippen molar-refractivity contribution >= 4 is 38.1 Å². The molecular weight excluding hydrogens is 410 g/mol. The van der Waals surface area contributed by atoms with Gasteiger partial charge in [-0.05, 0) is 51.1 Å². The molecule has 0 spiro atoms. The SMILES string of the molecule is Cc1ccc(S(=O)(=O)Nc2nc(-c3ccc4c(c3)NC(=O)[C@@H](C)O4)c(C)s2)cc1. The highest BCUT2D eigenvalue weighted by Crippen LogP contribution is 2.37. The van der Waals surface area contributed by atoms with Crippen molar-refractivity contribution in [2.24, 2.45) is 0 Å². The molecule has 7 nitrogen and oxygen atoms in total. The molecule has 0 fully saturated rings. The van der Waals surface area contributed by atoms with E-state index in [1.807, 2.05) is 19.9 Å². The van der Waals surface area contributed by atoms with Crippen LogP contribution in [-0.2, 0) is 14.8 Å². The number of nitrogens with zero attached hydrogens (tertiary/aromatic N) is 1. The van der Waals surface area contributed by atoms with Gasteiger partial charge in [0, 0.05) is 10.4 Å². The number of thiazole rings is 1. The molecular formula is C20H19N3O4S2. The summed E-state index contributed by atoms with van der Waals surface area (Å²) in [5.41, 5.74) is 2.96. The number of amides is 1. The van der Waals surface area contributed by atoms with Crippen LogP contribution in [0.25, 0.3) is 11.3 Å². The van der Waals surface area contributed by atoms with Crippen molar-refractivity contribution in [3.05, 3.63) is 52.9 Å². The molecule has 9 heteroatoms. The largest absolute Gasteiger partial charge is 0.479 e. The molecule has 2 N–H and O–H groups in total. The molecule has 29 heavy (non-hydrogen) atoms. The fourth-order valence-electron chi connectivity index (χ4n) is 2.96. The van der Waals surface area contributed by atoms with Gasteiger partial charge in [0.1, 0.15) is 5.75 Å². The lowest BCUT2D eigenvalue weighted by molar-refractivity contribution is -0.122. The second-order valence-corrected chi connectivity index (χ2v) is 9.69. The Labute approximate surface area is 172 Å². The zero-order valence-electron chi connectivity index (χ0n) is 16.0. The number of hydrogen-bond acceptors (Lipinski definition) is 6. The van der Waals surface area contributed by atoms with Crippen LogP contribution in [0.15, 0.2) is 47.4 Å². The minimum Gasteiger partial charge on any atom is -0.479 e. The van der Waals surface area contributed by atoms with Crippen molar-refractivity contribution < 1.29 is 17.9 Å². The van der Waals surface area contributed by atoms with Gasteiger partial charge in [-0.15, -0.1) is 11.3 Å². The van der Waals surface area contributed by atoms with Gasteiger partial charge < -0.3 is 10.1 Å². The molecule has 0 saturated heterocycles. The third-order valence-electron chi connectivity index (χ3n) is 4.53. The van der Waals surface area contributed by atoms with Crippen LogP contribution in [-0.4, -0.2) is 25.4 Å². The lowest BCUT2D eigenvalue weighted by atomic mass is 10.1. The maximum absolute atomic E-state index is 12.6. The first-order valence-electron chi connectivity index (χ1n) is 8.92. The van der Waals surface area contributed by atoms with Crippen LogP contribution in [0.2, 0.25) is 0 Å². The molecule has 1 atom stereocenters. The van der Waals surface area contributed by atoms with E-state index in [-0.39, 0.29) is 15.9 Å². The number of benzene rings is 2. The first-order valence-corrected chi connectivity index (χ1v) is 11.2. The van der Waals surface area contributed by atoms with Gasteiger partial charge in [-0.3, -0.25) is 9.52 Å². The molecule has 1 amide bonds. The number of hydrogen-bond donors (Lipinski definition) is 2. The van der Waals surface area contributed by atoms with Crippen LogP contribution in [0.4, 0.5) is 10.8 Å². The first kappa shape index (κ1) is 19.4. The number of ether oxygens (including phenoxy) is 1. The molecule has 1 aliphatic heterocycles. The standard InChI is InChI=1S/C20H19N3O4S2/c1-11-4-7-15(8-5-11)29(25,26)23-20-22-18(13(3)28-20)14-6-9-17-16(10-14)21-19(24)12(2)27-17/h4-10,12H,1-3H3,(H,21,24)(H,22,23)/t12-/m1/s1. The lowest BCUT2D eigenvalue weighted by Crippen LogP contribution is -2.34. The maximum Gasteiger partial charge on any atom is 0.265 e. The van der Waals surface area contributed by atoms with Gasteiger partial charge in [0.15, 0.2) is 11.2 Å². The van der Waals surface area contributed by atoms with E-state index < -0.39 is 16.1 Å². The number of anilines is 2. The summed E-state index contributed by atoms with van der Waals surface area (Å²) in [5.74, 6) is 0.380. The Morgan fingerprint density at radius 3 is 2.59 bits per heavy atom. The Morgan fingerprint density at radius 1 is 1.14 bits per heavy atom. The predicted molar refractivity (Wildman–Crippen MR) is 113 cm³/mol. The zero-order chi connectivity index (χ0) is 20.8. The van der Waals surface area contributed by atoms with Gasteiger partial charge in [0.25, 0.3) is 15.9 Å². The van der Waals surface area contributed by atoms with Crippen LogP contribution in [0.1, 0.15) is 17.4 Å². The molecule has 1 aromatic heterocycles. The van der Waals surface area contributed by atoms with Gasteiger partial charge in [-0.1, -0.05) is 17.7 Å². The summed E-state index contributed by atoms with van der Waals surface area (Å²) in [5, 5.41) is 3.09. The Kier molecular flexibility index (Phi) is 4.79. The molecule has 0 bridgehead atoms. The van der Waals surface area contributed by atoms with Gasteiger partial charge in [0.2, 0.25) is 0 Å². The average molecular weight is 430 g/mol. The van der Waals surface area contributed by atoms with Crippen LogP contribution in [0.5, 0.6) is 5.75 Å². The monoisotopic (exact) mass is 429 g/mol. The highest BCUT2D eigenvalue weighted by atomic mass is 32.2. The Morgan fingerprint density at radius 2 is 1.86 bits per heavy atom. The van der Waals surface area contributed by atoms with Crippen molar-refractivity contribution in [1.29, 1.82) is 0 Å². The number of sulfonamides is 1. The Balaban J connectivity index is 1.63. The molecule has 0 unspecified atom stereocenters. The number of aromatic nitrogens is 1. The summed E-state index contributed by atoms with van der Waals surface area (Å²) in [6.45, 7) is 5.45. The molecule has 1 aliphatic rings. The first-order chi connectivity index (χ1) is 13.7. The Hall–Kier alpha value is -2.91. The van der Waals surface area contributed by atoms with Crippen molar-refractivity contribution in [1.82, 2.24) is 4.98 Å². The average Bonchev–Trinajstić information content (AvgIpc) is 3.02. The van der Waals surface area contributed by atoms with E-state index in [0.29, 0.717) is 17.1 Å². The van der Waals surface area contributed by atoms with Crippen molar-refractivity contribution in [2.75, 3.05) is 10.0 Å². The molecule has 2 aromatic carbocycles. The number of nitrogens with one attached hydrogen (secondary N) is 2. The van der Waals surface area contributed by atoms with Crippen LogP contribution in [0.3, 0.4) is 0 Å². The minimum atomic E-state index is -3.72. The quantitative estimate of drug-likeness (QED) is 0.655.